The van der Waals surface area contributed by atoms with Gasteiger partial charge in [-0.15, -0.1) is 0 Å². The zero-order valence-electron chi connectivity index (χ0n) is 16.6. The van der Waals surface area contributed by atoms with Crippen molar-refractivity contribution in [2.75, 3.05) is 32.8 Å². The SMILES string of the molecule is C=CC(=O)OCCCCC(C[N+](CCC)(CCC)CCC)OP(=O)(O)O. The van der Waals surface area contributed by atoms with Crippen LogP contribution in [-0.2, 0) is 18.6 Å². The summed E-state index contributed by atoms with van der Waals surface area (Å²) in [5, 5.41) is 0. The Bertz CT molecular complexity index is 434. The van der Waals surface area contributed by atoms with Gasteiger partial charge in [0.15, 0.2) is 0 Å². The molecule has 1 unspecified atom stereocenters. The minimum atomic E-state index is -4.55. The van der Waals surface area contributed by atoms with Crippen LogP contribution in [0.3, 0.4) is 0 Å². The molecule has 8 heteroatoms. The molecule has 0 aliphatic rings. The summed E-state index contributed by atoms with van der Waals surface area (Å²) in [6.45, 7) is 13.5. The summed E-state index contributed by atoms with van der Waals surface area (Å²) in [5.41, 5.74) is 0. The first-order valence-electron chi connectivity index (χ1n) is 9.60. The van der Waals surface area contributed by atoms with Crippen LogP contribution in [0.1, 0.15) is 59.3 Å². The third-order valence-electron chi connectivity index (χ3n) is 4.30. The molecule has 0 rings (SSSR count). The largest absolute Gasteiger partial charge is 0.470 e. The Morgan fingerprint density at radius 3 is 2.08 bits per heavy atom. The summed E-state index contributed by atoms with van der Waals surface area (Å²) >= 11 is 0. The van der Waals surface area contributed by atoms with E-state index < -0.39 is 19.9 Å². The third kappa shape index (κ3) is 11.8. The van der Waals surface area contributed by atoms with E-state index in [-0.39, 0.29) is 6.61 Å². The predicted octanol–water partition coefficient (Wildman–Crippen LogP) is 3.41. The van der Waals surface area contributed by atoms with Crippen LogP contribution >= 0.6 is 7.82 Å². The van der Waals surface area contributed by atoms with Crippen molar-refractivity contribution in [3.05, 3.63) is 12.7 Å². The quantitative estimate of drug-likeness (QED) is 0.137. The predicted molar refractivity (Wildman–Crippen MR) is 103 cm³/mol. The lowest BCUT2D eigenvalue weighted by molar-refractivity contribution is -0.930. The van der Waals surface area contributed by atoms with Crippen molar-refractivity contribution in [3.63, 3.8) is 0 Å². The number of quaternary nitrogens is 1. The highest BCUT2D eigenvalue weighted by molar-refractivity contribution is 7.46. The van der Waals surface area contributed by atoms with Crippen LogP contribution in [0, 0.1) is 0 Å². The molecule has 0 amide bonds. The highest BCUT2D eigenvalue weighted by atomic mass is 31.2. The maximum atomic E-state index is 11.4. The van der Waals surface area contributed by atoms with Crippen LogP contribution in [0.15, 0.2) is 12.7 Å². The average molecular weight is 394 g/mol. The van der Waals surface area contributed by atoms with Gasteiger partial charge in [0.2, 0.25) is 0 Å². The molecule has 0 saturated heterocycles. The minimum absolute atomic E-state index is 0.270. The second-order valence-corrected chi connectivity index (χ2v) is 7.97. The van der Waals surface area contributed by atoms with E-state index in [9.17, 15) is 19.1 Å². The highest BCUT2D eigenvalue weighted by Crippen LogP contribution is 2.39. The number of phosphoric acid groups is 1. The molecule has 0 saturated carbocycles. The number of hydrogen-bond acceptors (Lipinski definition) is 4. The van der Waals surface area contributed by atoms with Gasteiger partial charge in [-0.1, -0.05) is 27.4 Å². The van der Waals surface area contributed by atoms with Crippen LogP contribution in [0.5, 0.6) is 0 Å². The summed E-state index contributed by atoms with van der Waals surface area (Å²) in [5.74, 6) is -0.461. The first-order valence-corrected chi connectivity index (χ1v) is 11.1. The van der Waals surface area contributed by atoms with Crippen molar-refractivity contribution in [2.45, 2.75) is 65.4 Å². The van der Waals surface area contributed by atoms with Gasteiger partial charge in [-0.3, -0.25) is 4.52 Å². The van der Waals surface area contributed by atoms with Gasteiger partial charge in [0.25, 0.3) is 0 Å². The molecule has 0 aromatic heterocycles. The molecule has 0 heterocycles. The number of carbonyl (C=O) groups is 1. The van der Waals surface area contributed by atoms with Gasteiger partial charge in [-0.2, -0.15) is 0 Å². The lowest BCUT2D eigenvalue weighted by atomic mass is 10.1. The van der Waals surface area contributed by atoms with E-state index in [0.29, 0.717) is 25.8 Å². The Balaban J connectivity index is 4.88. The number of nitrogens with zero attached hydrogens (tertiary/aromatic N) is 1. The molecule has 1 atom stereocenters. The smallest absolute Gasteiger partial charge is 0.463 e. The molecule has 2 N–H and O–H groups in total. The van der Waals surface area contributed by atoms with Crippen LogP contribution in [-0.4, -0.2) is 59.1 Å². The maximum Gasteiger partial charge on any atom is 0.470 e. The number of unbranched alkanes of at least 4 members (excludes halogenated alkanes) is 1. The molecular formula is C18H37NO6P+. The molecule has 0 aliphatic heterocycles. The minimum Gasteiger partial charge on any atom is -0.463 e. The van der Waals surface area contributed by atoms with E-state index >= 15 is 0 Å². The fourth-order valence-electron chi connectivity index (χ4n) is 3.54. The average Bonchev–Trinajstić information content (AvgIpc) is 2.53. The van der Waals surface area contributed by atoms with Crippen LogP contribution in [0.2, 0.25) is 0 Å². The summed E-state index contributed by atoms with van der Waals surface area (Å²) < 4.78 is 22.3. The summed E-state index contributed by atoms with van der Waals surface area (Å²) in [7, 11) is -4.55. The lowest BCUT2D eigenvalue weighted by Crippen LogP contribution is -2.54. The Kier molecular flexibility index (Phi) is 13.1. The van der Waals surface area contributed by atoms with Crippen molar-refractivity contribution in [2.24, 2.45) is 0 Å². The summed E-state index contributed by atoms with van der Waals surface area (Å²) in [4.78, 5) is 29.6. The van der Waals surface area contributed by atoms with E-state index in [4.69, 9.17) is 9.26 Å². The van der Waals surface area contributed by atoms with Gasteiger partial charge >= 0.3 is 13.8 Å². The zero-order valence-corrected chi connectivity index (χ0v) is 17.5. The van der Waals surface area contributed by atoms with Gasteiger partial charge in [-0.25, -0.2) is 9.36 Å². The van der Waals surface area contributed by atoms with Gasteiger partial charge in [0, 0.05) is 6.08 Å². The van der Waals surface area contributed by atoms with Crippen molar-refractivity contribution in [1.82, 2.24) is 0 Å². The number of ether oxygens (including phenoxy) is 1. The van der Waals surface area contributed by atoms with Gasteiger partial charge in [0.05, 0.1) is 26.2 Å². The van der Waals surface area contributed by atoms with Crippen molar-refractivity contribution < 1.29 is 32.9 Å². The molecule has 0 fully saturated rings. The van der Waals surface area contributed by atoms with Gasteiger partial charge < -0.3 is 19.0 Å². The second-order valence-electron chi connectivity index (χ2n) is 6.78. The van der Waals surface area contributed by atoms with Crippen LogP contribution < -0.4 is 0 Å². The molecule has 0 spiro atoms. The first kappa shape index (κ1) is 25.3. The molecular weight excluding hydrogens is 357 g/mol. The second kappa shape index (κ2) is 13.4. The zero-order chi connectivity index (χ0) is 20.1. The maximum absolute atomic E-state index is 11.4. The molecule has 0 aromatic rings. The number of carbonyl (C=O) groups excluding carboxylic acids is 1. The van der Waals surface area contributed by atoms with E-state index in [1.165, 1.54) is 0 Å². The normalized spacial score (nSPS) is 13.4. The topological polar surface area (TPSA) is 93.1 Å². The molecule has 0 aromatic carbocycles. The third-order valence-corrected chi connectivity index (χ3v) is 4.88. The van der Waals surface area contributed by atoms with Gasteiger partial charge in [-0.05, 0) is 38.5 Å². The number of hydrogen-bond donors (Lipinski definition) is 2. The fraction of sp³-hybridized carbons (Fsp3) is 0.833. The summed E-state index contributed by atoms with van der Waals surface area (Å²) in [6, 6.07) is 0. The Morgan fingerprint density at radius 2 is 1.65 bits per heavy atom. The number of rotatable bonds is 16. The molecule has 7 nitrogen and oxygen atoms in total. The monoisotopic (exact) mass is 394 g/mol. The fourth-order valence-corrected chi connectivity index (χ4v) is 4.10. The van der Waals surface area contributed by atoms with E-state index in [0.717, 1.165) is 49.5 Å². The van der Waals surface area contributed by atoms with E-state index in [1.807, 2.05) is 0 Å². The lowest BCUT2D eigenvalue weighted by Gasteiger charge is -2.40. The van der Waals surface area contributed by atoms with Crippen molar-refractivity contribution >= 4 is 13.8 Å². The van der Waals surface area contributed by atoms with Crippen molar-refractivity contribution in [3.8, 4) is 0 Å². The number of esters is 1. The van der Waals surface area contributed by atoms with E-state index in [2.05, 4.69) is 27.4 Å². The first-order chi connectivity index (χ1) is 12.2. The van der Waals surface area contributed by atoms with Crippen LogP contribution in [0.25, 0.3) is 0 Å². The highest BCUT2D eigenvalue weighted by Gasteiger charge is 2.32. The Morgan fingerprint density at radius 1 is 1.12 bits per heavy atom. The van der Waals surface area contributed by atoms with Gasteiger partial charge in [0.1, 0.15) is 12.6 Å². The Hall–Kier alpha value is -0.720. The molecule has 0 aliphatic carbocycles. The summed E-state index contributed by atoms with van der Waals surface area (Å²) in [6.07, 6.45) is 5.45. The number of phosphoric ester groups is 1. The molecule has 0 radical (unpaired) electrons. The van der Waals surface area contributed by atoms with Crippen molar-refractivity contribution in [1.29, 1.82) is 0 Å². The molecule has 26 heavy (non-hydrogen) atoms. The Labute approximate surface area is 158 Å². The van der Waals surface area contributed by atoms with Crippen LogP contribution in [0.4, 0.5) is 0 Å². The molecule has 154 valence electrons. The van der Waals surface area contributed by atoms with E-state index in [1.54, 1.807) is 0 Å². The molecule has 0 bridgehead atoms. The standard InChI is InChI=1S/C18H36NO6P/c1-5-12-19(13-6-2,14-7-3)16-17(25-26(21,22)23)11-9-10-15-24-18(20)8-4/h8,17H,4-7,9-16H2,1-3H3,(H-,21,22,23)/p+1.